The van der Waals surface area contributed by atoms with Gasteiger partial charge in [-0.3, -0.25) is 4.79 Å². The van der Waals surface area contributed by atoms with Crippen LogP contribution in [0.15, 0.2) is 0 Å². The number of rotatable bonds is 3. The monoisotopic (exact) mass is 226 g/mol. The maximum atomic E-state index is 12.1. The highest BCUT2D eigenvalue weighted by Gasteiger charge is 2.47. The molecule has 2 aliphatic carbocycles. The van der Waals surface area contributed by atoms with Crippen molar-refractivity contribution in [3.63, 3.8) is 0 Å². The first kappa shape index (κ1) is 10.9. The summed E-state index contributed by atoms with van der Waals surface area (Å²) >= 11 is 5.01. The van der Waals surface area contributed by atoms with Crippen molar-refractivity contribution in [1.82, 2.24) is 5.32 Å². The van der Waals surface area contributed by atoms with Crippen LogP contribution in [0.3, 0.4) is 0 Å². The van der Waals surface area contributed by atoms with Crippen LogP contribution in [0.1, 0.15) is 44.9 Å². The molecule has 2 rings (SSSR count). The summed E-state index contributed by atoms with van der Waals surface area (Å²) in [5.41, 5.74) is 5.18. The molecule has 0 aromatic rings. The molecule has 0 spiro atoms. The molecule has 0 bridgehead atoms. The van der Waals surface area contributed by atoms with Crippen LogP contribution in [0.4, 0.5) is 0 Å². The first-order chi connectivity index (χ1) is 7.15. The fourth-order valence-corrected chi connectivity index (χ4v) is 2.81. The zero-order valence-corrected chi connectivity index (χ0v) is 9.74. The van der Waals surface area contributed by atoms with E-state index in [4.69, 9.17) is 18.0 Å². The number of nitrogens with one attached hydrogen (secondary N) is 1. The zero-order valence-electron chi connectivity index (χ0n) is 8.92. The lowest BCUT2D eigenvalue weighted by atomic mass is 9.68. The molecule has 1 amide bonds. The van der Waals surface area contributed by atoms with E-state index in [0.717, 1.165) is 32.1 Å². The minimum absolute atomic E-state index is 0.0770. The number of carbonyl (C=O) groups is 1. The van der Waals surface area contributed by atoms with Crippen molar-refractivity contribution in [1.29, 1.82) is 0 Å². The van der Waals surface area contributed by atoms with Crippen molar-refractivity contribution < 1.29 is 4.79 Å². The van der Waals surface area contributed by atoms with E-state index in [9.17, 15) is 4.79 Å². The smallest absolute Gasteiger partial charge is 0.233 e. The Bertz CT molecular complexity index is 280. The molecule has 2 saturated carbocycles. The molecule has 3 nitrogen and oxygen atoms in total. The van der Waals surface area contributed by atoms with Crippen LogP contribution in [0, 0.1) is 5.41 Å². The van der Waals surface area contributed by atoms with Crippen LogP contribution in [0.5, 0.6) is 0 Å². The lowest BCUT2D eigenvalue weighted by Crippen LogP contribution is -2.54. The highest BCUT2D eigenvalue weighted by molar-refractivity contribution is 7.80. The molecule has 84 valence electrons. The largest absolute Gasteiger partial charge is 0.392 e. The van der Waals surface area contributed by atoms with E-state index in [1.165, 1.54) is 12.8 Å². The van der Waals surface area contributed by atoms with Crippen molar-refractivity contribution in [2.24, 2.45) is 11.1 Å². The van der Waals surface area contributed by atoms with E-state index in [-0.39, 0.29) is 5.91 Å². The highest BCUT2D eigenvalue weighted by Crippen LogP contribution is 2.41. The van der Waals surface area contributed by atoms with Crippen molar-refractivity contribution in [3.05, 3.63) is 0 Å². The lowest BCUT2D eigenvalue weighted by Gasteiger charge is -2.39. The molecule has 0 atom stereocenters. The molecule has 0 heterocycles. The number of hydrogen-bond donors (Lipinski definition) is 2. The molecule has 15 heavy (non-hydrogen) atoms. The maximum Gasteiger partial charge on any atom is 0.233 e. The van der Waals surface area contributed by atoms with E-state index in [1.54, 1.807) is 0 Å². The Hall–Kier alpha value is -0.640. The Kier molecular flexibility index (Phi) is 2.96. The average Bonchev–Trinajstić information content (AvgIpc) is 2.53. The van der Waals surface area contributed by atoms with Gasteiger partial charge in [-0.2, -0.15) is 0 Å². The number of thiocarbonyl (C=S) groups is 1. The summed E-state index contributed by atoms with van der Waals surface area (Å²) in [7, 11) is 0. The van der Waals surface area contributed by atoms with Gasteiger partial charge in [0.25, 0.3) is 0 Å². The minimum atomic E-state index is -0.502. The molecule has 2 aliphatic rings. The normalized spacial score (nSPS) is 24.5. The Morgan fingerprint density at radius 3 is 2.27 bits per heavy atom. The van der Waals surface area contributed by atoms with Crippen molar-refractivity contribution >= 4 is 23.1 Å². The predicted octanol–water partition coefficient (Wildman–Crippen LogP) is 1.50. The van der Waals surface area contributed by atoms with Crippen molar-refractivity contribution in [2.45, 2.75) is 51.0 Å². The summed E-state index contributed by atoms with van der Waals surface area (Å²) < 4.78 is 0. The third-order valence-electron chi connectivity index (χ3n) is 3.80. The summed E-state index contributed by atoms with van der Waals surface area (Å²) in [6.07, 6.45) is 7.41. The van der Waals surface area contributed by atoms with Crippen LogP contribution < -0.4 is 11.1 Å². The first-order valence-corrected chi connectivity index (χ1v) is 6.17. The quantitative estimate of drug-likeness (QED) is 0.717. The fourth-order valence-electron chi connectivity index (χ4n) is 2.51. The molecule has 2 fully saturated rings. The van der Waals surface area contributed by atoms with Crippen molar-refractivity contribution in [3.8, 4) is 0 Å². The third-order valence-corrected chi connectivity index (χ3v) is 4.19. The number of amides is 1. The topological polar surface area (TPSA) is 55.1 Å². The SMILES string of the molecule is NC(=S)C1(C(=O)NC2CCCC2)CCC1. The van der Waals surface area contributed by atoms with E-state index >= 15 is 0 Å². The Balaban J connectivity index is 1.96. The zero-order chi connectivity index (χ0) is 10.9. The standard InChI is InChI=1S/C11H18N2OS/c12-9(15)11(6-3-7-11)10(14)13-8-4-1-2-5-8/h8H,1-7H2,(H2,12,15)(H,13,14). The molecule has 0 aliphatic heterocycles. The summed E-state index contributed by atoms with van der Waals surface area (Å²) in [4.78, 5) is 12.4. The van der Waals surface area contributed by atoms with Gasteiger partial charge in [0.1, 0.15) is 0 Å². The summed E-state index contributed by atoms with van der Waals surface area (Å²) in [5, 5.41) is 3.10. The van der Waals surface area contributed by atoms with Crippen LogP contribution in [-0.4, -0.2) is 16.9 Å². The van der Waals surface area contributed by atoms with E-state index in [0.29, 0.717) is 11.0 Å². The predicted molar refractivity (Wildman–Crippen MR) is 63.5 cm³/mol. The molecule has 4 heteroatoms. The molecule has 3 N–H and O–H groups in total. The van der Waals surface area contributed by atoms with Gasteiger partial charge in [0.15, 0.2) is 0 Å². The van der Waals surface area contributed by atoms with Crippen LogP contribution in [0.2, 0.25) is 0 Å². The Labute approximate surface area is 95.8 Å². The van der Waals surface area contributed by atoms with Gasteiger partial charge in [-0.15, -0.1) is 0 Å². The second-order valence-corrected chi connectivity index (χ2v) is 5.19. The Morgan fingerprint density at radius 2 is 1.87 bits per heavy atom. The summed E-state index contributed by atoms with van der Waals surface area (Å²) in [6.45, 7) is 0. The van der Waals surface area contributed by atoms with Gasteiger partial charge in [-0.25, -0.2) is 0 Å². The van der Waals surface area contributed by atoms with Gasteiger partial charge < -0.3 is 11.1 Å². The van der Waals surface area contributed by atoms with Gasteiger partial charge in [0, 0.05) is 6.04 Å². The third kappa shape index (κ3) is 1.87. The molecular weight excluding hydrogens is 208 g/mol. The number of carbonyl (C=O) groups excluding carboxylic acids is 1. The second-order valence-electron chi connectivity index (χ2n) is 4.75. The van der Waals surface area contributed by atoms with Gasteiger partial charge in [0.2, 0.25) is 5.91 Å². The van der Waals surface area contributed by atoms with Crippen LogP contribution in [-0.2, 0) is 4.79 Å². The second kappa shape index (κ2) is 4.08. The molecular formula is C11H18N2OS. The van der Waals surface area contributed by atoms with Crippen molar-refractivity contribution in [2.75, 3.05) is 0 Å². The molecule has 0 radical (unpaired) electrons. The Morgan fingerprint density at radius 1 is 1.27 bits per heavy atom. The highest BCUT2D eigenvalue weighted by atomic mass is 32.1. The van der Waals surface area contributed by atoms with E-state index in [2.05, 4.69) is 5.32 Å². The van der Waals surface area contributed by atoms with Gasteiger partial charge in [-0.05, 0) is 25.7 Å². The van der Waals surface area contributed by atoms with Gasteiger partial charge >= 0.3 is 0 Å². The first-order valence-electron chi connectivity index (χ1n) is 5.76. The van der Waals surface area contributed by atoms with E-state index in [1.807, 2.05) is 0 Å². The summed E-state index contributed by atoms with van der Waals surface area (Å²) in [5.74, 6) is 0.0770. The van der Waals surface area contributed by atoms with Crippen LogP contribution >= 0.6 is 12.2 Å². The number of nitrogens with two attached hydrogens (primary N) is 1. The average molecular weight is 226 g/mol. The molecule has 0 aromatic carbocycles. The van der Waals surface area contributed by atoms with Gasteiger partial charge in [0.05, 0.1) is 10.4 Å². The summed E-state index contributed by atoms with van der Waals surface area (Å²) in [6, 6.07) is 0.365. The number of hydrogen-bond acceptors (Lipinski definition) is 2. The van der Waals surface area contributed by atoms with E-state index < -0.39 is 5.41 Å². The minimum Gasteiger partial charge on any atom is -0.392 e. The fraction of sp³-hybridized carbons (Fsp3) is 0.818. The lowest BCUT2D eigenvalue weighted by molar-refractivity contribution is -0.131. The molecule has 0 unspecified atom stereocenters. The molecule has 0 aromatic heterocycles. The van der Waals surface area contributed by atoms with Gasteiger partial charge in [-0.1, -0.05) is 31.5 Å². The maximum absolute atomic E-state index is 12.1. The molecule has 0 saturated heterocycles. The van der Waals surface area contributed by atoms with Crippen LogP contribution in [0.25, 0.3) is 0 Å².